The van der Waals surface area contributed by atoms with Gasteiger partial charge in [-0.05, 0) is 19.4 Å². The van der Waals surface area contributed by atoms with Gasteiger partial charge in [0.25, 0.3) is 0 Å². The van der Waals surface area contributed by atoms with Crippen LogP contribution in [-0.2, 0) is 9.59 Å². The summed E-state index contributed by atoms with van der Waals surface area (Å²) in [5.41, 5.74) is 0.489. The fourth-order valence-electron chi connectivity index (χ4n) is 2.48. The number of amides is 2. The molecule has 1 fully saturated rings. The van der Waals surface area contributed by atoms with Gasteiger partial charge in [0.1, 0.15) is 11.9 Å². The molecule has 0 aliphatic carbocycles. The lowest BCUT2D eigenvalue weighted by Crippen LogP contribution is -2.58. The minimum atomic E-state index is -0.890. The standard InChI is InChI=1S/C14H17FN2O3/c1-3-11-14(20)16-12(19)7-17(11)13-9(8(2)18)5-4-6-10(13)15/h4-6,8,11,18H,3,7H2,1-2H3,(H,16,19,20). The number of anilines is 1. The van der Waals surface area contributed by atoms with Crippen LogP contribution >= 0.6 is 0 Å². The molecule has 0 radical (unpaired) electrons. The summed E-state index contributed by atoms with van der Waals surface area (Å²) < 4.78 is 14.2. The molecule has 2 atom stereocenters. The van der Waals surface area contributed by atoms with Gasteiger partial charge >= 0.3 is 0 Å². The van der Waals surface area contributed by atoms with Gasteiger partial charge in [-0.15, -0.1) is 0 Å². The molecule has 0 spiro atoms. The molecule has 2 N–H and O–H groups in total. The van der Waals surface area contributed by atoms with Crippen molar-refractivity contribution in [1.29, 1.82) is 0 Å². The number of carbonyl (C=O) groups is 2. The maximum atomic E-state index is 14.2. The van der Waals surface area contributed by atoms with Crippen LogP contribution in [0.5, 0.6) is 0 Å². The number of carbonyl (C=O) groups excluding carboxylic acids is 2. The average molecular weight is 280 g/mol. The molecule has 0 aromatic heterocycles. The number of halogens is 1. The summed E-state index contributed by atoms with van der Waals surface area (Å²) in [5, 5.41) is 12.0. The zero-order valence-electron chi connectivity index (χ0n) is 11.4. The van der Waals surface area contributed by atoms with Crippen molar-refractivity contribution in [3.8, 4) is 0 Å². The van der Waals surface area contributed by atoms with Crippen LogP contribution in [0.3, 0.4) is 0 Å². The number of benzene rings is 1. The summed E-state index contributed by atoms with van der Waals surface area (Å²) in [6.07, 6.45) is -0.453. The maximum Gasteiger partial charge on any atom is 0.249 e. The first kappa shape index (κ1) is 14.5. The van der Waals surface area contributed by atoms with E-state index in [4.69, 9.17) is 0 Å². The summed E-state index contributed by atoms with van der Waals surface area (Å²) >= 11 is 0. The summed E-state index contributed by atoms with van der Waals surface area (Å²) in [6.45, 7) is 3.20. The topological polar surface area (TPSA) is 69.6 Å². The van der Waals surface area contributed by atoms with Crippen LogP contribution < -0.4 is 10.2 Å². The highest BCUT2D eigenvalue weighted by atomic mass is 19.1. The molecule has 108 valence electrons. The van der Waals surface area contributed by atoms with Gasteiger partial charge in [0.2, 0.25) is 11.8 Å². The Kier molecular flexibility index (Phi) is 4.04. The minimum Gasteiger partial charge on any atom is -0.389 e. The third-order valence-corrected chi connectivity index (χ3v) is 3.40. The molecule has 0 bridgehead atoms. The fraction of sp³-hybridized carbons (Fsp3) is 0.429. The predicted molar refractivity (Wildman–Crippen MR) is 71.6 cm³/mol. The Morgan fingerprint density at radius 2 is 2.20 bits per heavy atom. The molecule has 6 heteroatoms. The Hall–Kier alpha value is -1.95. The fourth-order valence-corrected chi connectivity index (χ4v) is 2.48. The highest BCUT2D eigenvalue weighted by molar-refractivity contribution is 6.04. The molecule has 1 aliphatic rings. The van der Waals surface area contributed by atoms with E-state index >= 15 is 0 Å². The van der Waals surface area contributed by atoms with Crippen molar-refractivity contribution >= 4 is 17.5 Å². The van der Waals surface area contributed by atoms with Gasteiger partial charge in [-0.1, -0.05) is 19.1 Å². The second kappa shape index (κ2) is 5.58. The van der Waals surface area contributed by atoms with E-state index in [1.165, 1.54) is 24.0 Å². The highest BCUT2D eigenvalue weighted by Crippen LogP contribution is 2.32. The third-order valence-electron chi connectivity index (χ3n) is 3.40. The molecule has 1 aromatic rings. The minimum absolute atomic E-state index is 0.106. The number of aliphatic hydroxyl groups excluding tert-OH is 1. The quantitative estimate of drug-likeness (QED) is 0.814. The Morgan fingerprint density at radius 3 is 2.80 bits per heavy atom. The first-order valence-electron chi connectivity index (χ1n) is 6.52. The lowest BCUT2D eigenvalue weighted by molar-refractivity contribution is -0.132. The summed E-state index contributed by atoms with van der Waals surface area (Å²) in [6, 6.07) is 3.72. The molecule has 1 saturated heterocycles. The van der Waals surface area contributed by atoms with Crippen LogP contribution in [0, 0.1) is 5.82 Å². The number of nitrogens with one attached hydrogen (secondary N) is 1. The molecule has 20 heavy (non-hydrogen) atoms. The maximum absolute atomic E-state index is 14.2. The van der Waals surface area contributed by atoms with Gasteiger partial charge < -0.3 is 10.0 Å². The summed E-state index contributed by atoms with van der Waals surface area (Å²) in [4.78, 5) is 24.8. The van der Waals surface area contributed by atoms with Crippen LogP contribution in [0.2, 0.25) is 0 Å². The second-order valence-electron chi connectivity index (χ2n) is 4.82. The van der Waals surface area contributed by atoms with Crippen LogP contribution in [0.25, 0.3) is 0 Å². The first-order chi connectivity index (χ1) is 9.45. The summed E-state index contributed by atoms with van der Waals surface area (Å²) in [7, 11) is 0. The number of rotatable bonds is 3. The van der Waals surface area contributed by atoms with Gasteiger partial charge in [-0.25, -0.2) is 4.39 Å². The van der Waals surface area contributed by atoms with E-state index in [2.05, 4.69) is 5.32 Å². The van der Waals surface area contributed by atoms with E-state index in [0.717, 1.165) is 0 Å². The largest absolute Gasteiger partial charge is 0.389 e. The molecule has 5 nitrogen and oxygen atoms in total. The molecule has 1 aliphatic heterocycles. The Balaban J connectivity index is 2.53. The number of aliphatic hydroxyl groups is 1. The van der Waals surface area contributed by atoms with Crippen molar-refractivity contribution in [3.63, 3.8) is 0 Å². The molecular weight excluding hydrogens is 263 g/mol. The molecule has 0 saturated carbocycles. The number of piperazine rings is 1. The molecule has 1 heterocycles. The van der Waals surface area contributed by atoms with Crippen LogP contribution in [0.1, 0.15) is 31.9 Å². The molecule has 2 amide bonds. The average Bonchev–Trinajstić information content (AvgIpc) is 2.37. The lowest BCUT2D eigenvalue weighted by Gasteiger charge is -2.36. The summed E-state index contributed by atoms with van der Waals surface area (Å²) in [5.74, 6) is -1.47. The van der Waals surface area contributed by atoms with Gasteiger partial charge in [0.15, 0.2) is 0 Å². The van der Waals surface area contributed by atoms with Gasteiger partial charge in [0.05, 0.1) is 18.3 Å². The zero-order valence-corrected chi connectivity index (χ0v) is 11.4. The van der Waals surface area contributed by atoms with Crippen LogP contribution in [0.15, 0.2) is 18.2 Å². The van der Waals surface area contributed by atoms with E-state index in [0.29, 0.717) is 12.0 Å². The molecule has 1 aromatic carbocycles. The first-order valence-corrected chi connectivity index (χ1v) is 6.52. The normalized spacial score (nSPS) is 20.8. The third kappa shape index (κ3) is 2.51. The molecule has 2 rings (SSSR count). The van der Waals surface area contributed by atoms with Crippen molar-refractivity contribution < 1.29 is 19.1 Å². The van der Waals surface area contributed by atoms with E-state index in [1.54, 1.807) is 13.0 Å². The Labute approximate surface area is 116 Å². The van der Waals surface area contributed by atoms with E-state index < -0.39 is 29.8 Å². The monoisotopic (exact) mass is 280 g/mol. The SMILES string of the molecule is CCC1C(=O)NC(=O)CN1c1c(F)cccc1C(C)O. The van der Waals surface area contributed by atoms with Crippen molar-refractivity contribution in [1.82, 2.24) is 5.32 Å². The van der Waals surface area contributed by atoms with E-state index in [-0.39, 0.29) is 12.2 Å². The van der Waals surface area contributed by atoms with Crippen molar-refractivity contribution in [3.05, 3.63) is 29.6 Å². The second-order valence-corrected chi connectivity index (χ2v) is 4.82. The lowest BCUT2D eigenvalue weighted by atomic mass is 10.0. The molecular formula is C14H17FN2O3. The van der Waals surface area contributed by atoms with Crippen molar-refractivity contribution in [2.24, 2.45) is 0 Å². The Morgan fingerprint density at radius 1 is 1.50 bits per heavy atom. The van der Waals surface area contributed by atoms with Crippen LogP contribution in [0.4, 0.5) is 10.1 Å². The number of para-hydroxylation sites is 1. The van der Waals surface area contributed by atoms with E-state index in [9.17, 15) is 19.1 Å². The zero-order chi connectivity index (χ0) is 14.9. The van der Waals surface area contributed by atoms with Crippen molar-refractivity contribution in [2.45, 2.75) is 32.4 Å². The van der Waals surface area contributed by atoms with Gasteiger partial charge in [0, 0.05) is 5.56 Å². The van der Waals surface area contributed by atoms with Gasteiger partial charge in [-0.3, -0.25) is 14.9 Å². The van der Waals surface area contributed by atoms with E-state index in [1.807, 2.05) is 0 Å². The number of nitrogens with zero attached hydrogens (tertiary/aromatic N) is 1. The number of hydrogen-bond acceptors (Lipinski definition) is 4. The molecule has 2 unspecified atom stereocenters. The highest BCUT2D eigenvalue weighted by Gasteiger charge is 2.35. The van der Waals surface area contributed by atoms with Crippen molar-refractivity contribution in [2.75, 3.05) is 11.4 Å². The smallest absolute Gasteiger partial charge is 0.249 e. The number of hydrogen-bond donors (Lipinski definition) is 2. The van der Waals surface area contributed by atoms with Gasteiger partial charge in [-0.2, -0.15) is 0 Å². The predicted octanol–water partition coefficient (Wildman–Crippen LogP) is 1.12. The van der Waals surface area contributed by atoms with Crippen LogP contribution in [-0.4, -0.2) is 29.5 Å². The number of imide groups is 1. The Bertz CT molecular complexity index is 545.